The number of nitrogens with zero attached hydrogens (tertiary/aromatic N) is 1. The van der Waals surface area contributed by atoms with Crippen LogP contribution in [-0.4, -0.2) is 29.6 Å². The molecule has 0 fully saturated rings. The zero-order valence-corrected chi connectivity index (χ0v) is 11.5. The summed E-state index contributed by atoms with van der Waals surface area (Å²) < 4.78 is 0. The summed E-state index contributed by atoms with van der Waals surface area (Å²) in [6.07, 6.45) is 2.35. The van der Waals surface area contributed by atoms with Crippen molar-refractivity contribution in [2.75, 3.05) is 13.1 Å². The molecule has 0 saturated carbocycles. The Morgan fingerprint density at radius 3 is 1.87 bits per heavy atom. The predicted octanol–water partition coefficient (Wildman–Crippen LogP) is 2.87. The van der Waals surface area contributed by atoms with Gasteiger partial charge in [0.25, 0.3) is 0 Å². The van der Waals surface area contributed by atoms with E-state index in [1.165, 1.54) is 6.42 Å². The zero-order valence-electron chi connectivity index (χ0n) is 11.5. The minimum atomic E-state index is 0.123. The van der Waals surface area contributed by atoms with Gasteiger partial charge >= 0.3 is 0 Å². The Labute approximate surface area is 96.2 Å². The molecule has 0 aliphatic rings. The van der Waals surface area contributed by atoms with Crippen LogP contribution >= 0.6 is 0 Å². The molecule has 0 bridgehead atoms. The summed E-state index contributed by atoms with van der Waals surface area (Å²) in [5.74, 6) is 0.753. The van der Waals surface area contributed by atoms with Gasteiger partial charge in [0.1, 0.15) is 0 Å². The van der Waals surface area contributed by atoms with E-state index in [4.69, 9.17) is 5.73 Å². The van der Waals surface area contributed by atoms with E-state index in [0.29, 0.717) is 0 Å². The maximum absolute atomic E-state index is 6.31. The minimum absolute atomic E-state index is 0.123. The molecule has 0 aromatic heterocycles. The van der Waals surface area contributed by atoms with Gasteiger partial charge in [0.15, 0.2) is 0 Å². The Morgan fingerprint density at radius 1 is 1.07 bits per heavy atom. The van der Waals surface area contributed by atoms with Gasteiger partial charge in [-0.2, -0.15) is 0 Å². The molecule has 92 valence electrons. The Hall–Kier alpha value is -0.0800. The normalized spacial score (nSPS) is 15.0. The van der Waals surface area contributed by atoms with Gasteiger partial charge in [-0.25, -0.2) is 0 Å². The highest BCUT2D eigenvalue weighted by Crippen LogP contribution is 2.21. The molecule has 0 amide bonds. The summed E-state index contributed by atoms with van der Waals surface area (Å²) >= 11 is 0. The molecule has 2 N–H and O–H groups in total. The molecule has 0 aliphatic carbocycles. The van der Waals surface area contributed by atoms with Crippen LogP contribution in [0.25, 0.3) is 0 Å². The second kappa shape index (κ2) is 6.49. The Kier molecular flexibility index (Phi) is 6.46. The highest BCUT2D eigenvalue weighted by molar-refractivity contribution is 4.90. The molecule has 0 heterocycles. The minimum Gasteiger partial charge on any atom is -0.326 e. The lowest BCUT2D eigenvalue weighted by Gasteiger charge is -2.42. The van der Waals surface area contributed by atoms with Crippen LogP contribution in [0.5, 0.6) is 0 Å². The second-order valence-corrected chi connectivity index (χ2v) is 5.40. The van der Waals surface area contributed by atoms with Crippen LogP contribution in [0.2, 0.25) is 0 Å². The van der Waals surface area contributed by atoms with Crippen LogP contribution in [0, 0.1) is 5.92 Å². The molecule has 1 unspecified atom stereocenters. The van der Waals surface area contributed by atoms with E-state index in [9.17, 15) is 0 Å². The molecule has 0 rings (SSSR count). The standard InChI is InChI=1S/C13H30N2/c1-7-15(8-2)13(5,6)12(14)10-9-11(3)4/h11-12H,7-10,14H2,1-6H3. The summed E-state index contributed by atoms with van der Waals surface area (Å²) in [5, 5.41) is 0. The lowest BCUT2D eigenvalue weighted by atomic mass is 9.88. The van der Waals surface area contributed by atoms with E-state index < -0.39 is 0 Å². The van der Waals surface area contributed by atoms with Crippen LogP contribution in [-0.2, 0) is 0 Å². The monoisotopic (exact) mass is 214 g/mol. The number of likely N-dealkylation sites (N-methyl/N-ethyl adjacent to an activating group) is 1. The largest absolute Gasteiger partial charge is 0.326 e. The van der Waals surface area contributed by atoms with Crippen molar-refractivity contribution in [1.82, 2.24) is 4.90 Å². The summed E-state index contributed by atoms with van der Waals surface area (Å²) in [6, 6.07) is 0.278. The highest BCUT2D eigenvalue weighted by Gasteiger charge is 2.30. The second-order valence-electron chi connectivity index (χ2n) is 5.40. The van der Waals surface area contributed by atoms with Gasteiger partial charge in [0.05, 0.1) is 0 Å². The molecular formula is C13H30N2. The van der Waals surface area contributed by atoms with Gasteiger partial charge < -0.3 is 5.73 Å². The predicted molar refractivity (Wildman–Crippen MR) is 69.0 cm³/mol. The smallest absolute Gasteiger partial charge is 0.0303 e. The molecule has 0 radical (unpaired) electrons. The first-order valence-corrected chi connectivity index (χ1v) is 6.36. The van der Waals surface area contributed by atoms with Crippen molar-refractivity contribution in [2.24, 2.45) is 11.7 Å². The Balaban J connectivity index is 4.29. The fraction of sp³-hybridized carbons (Fsp3) is 1.00. The maximum Gasteiger partial charge on any atom is 0.0303 e. The van der Waals surface area contributed by atoms with Gasteiger partial charge in [0, 0.05) is 11.6 Å². The maximum atomic E-state index is 6.31. The van der Waals surface area contributed by atoms with E-state index in [1.54, 1.807) is 0 Å². The lowest BCUT2D eigenvalue weighted by molar-refractivity contribution is 0.101. The molecule has 1 atom stereocenters. The van der Waals surface area contributed by atoms with Crippen molar-refractivity contribution in [3.63, 3.8) is 0 Å². The third-order valence-electron chi connectivity index (χ3n) is 3.54. The molecular weight excluding hydrogens is 184 g/mol. The molecule has 15 heavy (non-hydrogen) atoms. The summed E-state index contributed by atoms with van der Waals surface area (Å²) in [7, 11) is 0. The van der Waals surface area contributed by atoms with E-state index in [2.05, 4.69) is 46.4 Å². The zero-order chi connectivity index (χ0) is 12.1. The topological polar surface area (TPSA) is 29.3 Å². The number of hydrogen-bond acceptors (Lipinski definition) is 2. The summed E-state index contributed by atoms with van der Waals surface area (Å²) in [5.41, 5.74) is 6.43. The van der Waals surface area contributed by atoms with Crippen LogP contribution in [0.4, 0.5) is 0 Å². The highest BCUT2D eigenvalue weighted by atomic mass is 15.2. The lowest BCUT2D eigenvalue weighted by Crippen LogP contribution is -2.56. The van der Waals surface area contributed by atoms with E-state index >= 15 is 0 Å². The van der Waals surface area contributed by atoms with E-state index in [1.807, 2.05) is 0 Å². The third kappa shape index (κ3) is 4.52. The molecule has 0 saturated heterocycles. The van der Waals surface area contributed by atoms with Crippen molar-refractivity contribution in [3.05, 3.63) is 0 Å². The van der Waals surface area contributed by atoms with Gasteiger partial charge in [-0.05, 0) is 45.7 Å². The Morgan fingerprint density at radius 2 is 1.53 bits per heavy atom. The van der Waals surface area contributed by atoms with Crippen LogP contribution in [0.15, 0.2) is 0 Å². The molecule has 0 aliphatic heterocycles. The molecule has 2 heteroatoms. The van der Waals surface area contributed by atoms with Crippen molar-refractivity contribution in [1.29, 1.82) is 0 Å². The number of nitrogens with two attached hydrogens (primary N) is 1. The molecule has 0 aromatic carbocycles. The van der Waals surface area contributed by atoms with Gasteiger partial charge in [0.2, 0.25) is 0 Å². The van der Waals surface area contributed by atoms with Crippen LogP contribution < -0.4 is 5.73 Å². The molecule has 0 aromatic rings. The average Bonchev–Trinajstić information content (AvgIpc) is 2.15. The average molecular weight is 214 g/mol. The first kappa shape index (κ1) is 14.9. The van der Waals surface area contributed by atoms with Crippen LogP contribution in [0.1, 0.15) is 54.4 Å². The first-order chi connectivity index (χ1) is 6.86. The van der Waals surface area contributed by atoms with Crippen molar-refractivity contribution >= 4 is 0 Å². The van der Waals surface area contributed by atoms with Crippen LogP contribution in [0.3, 0.4) is 0 Å². The number of hydrogen-bond donors (Lipinski definition) is 1. The van der Waals surface area contributed by atoms with E-state index in [0.717, 1.165) is 25.4 Å². The fourth-order valence-corrected chi connectivity index (χ4v) is 2.14. The first-order valence-electron chi connectivity index (χ1n) is 6.36. The Bertz CT molecular complexity index is 160. The van der Waals surface area contributed by atoms with Gasteiger partial charge in [-0.1, -0.05) is 27.7 Å². The molecule has 0 spiro atoms. The van der Waals surface area contributed by atoms with Crippen molar-refractivity contribution in [2.45, 2.75) is 66.0 Å². The van der Waals surface area contributed by atoms with Crippen molar-refractivity contribution < 1.29 is 0 Å². The van der Waals surface area contributed by atoms with Gasteiger partial charge in [-0.15, -0.1) is 0 Å². The SMILES string of the molecule is CCN(CC)C(C)(C)C(N)CCC(C)C. The van der Waals surface area contributed by atoms with Crippen molar-refractivity contribution in [3.8, 4) is 0 Å². The number of rotatable bonds is 7. The third-order valence-corrected chi connectivity index (χ3v) is 3.54. The quantitative estimate of drug-likeness (QED) is 0.706. The summed E-state index contributed by atoms with van der Waals surface area (Å²) in [6.45, 7) is 15.6. The molecule has 2 nitrogen and oxygen atoms in total. The fourth-order valence-electron chi connectivity index (χ4n) is 2.14. The van der Waals surface area contributed by atoms with Gasteiger partial charge in [-0.3, -0.25) is 4.90 Å². The van der Waals surface area contributed by atoms with E-state index in [-0.39, 0.29) is 11.6 Å². The summed E-state index contributed by atoms with van der Waals surface area (Å²) in [4.78, 5) is 2.46.